The predicted octanol–water partition coefficient (Wildman–Crippen LogP) is 2.30. The van der Waals surface area contributed by atoms with Crippen LogP contribution >= 0.6 is 0 Å². The van der Waals surface area contributed by atoms with Gasteiger partial charge in [-0.3, -0.25) is 0 Å². The van der Waals surface area contributed by atoms with Crippen molar-refractivity contribution in [1.82, 2.24) is 9.97 Å². The Labute approximate surface area is 107 Å². The molecule has 1 heterocycles. The average molecular weight is 242 g/mol. The Morgan fingerprint density at radius 1 is 1.28 bits per heavy atom. The summed E-state index contributed by atoms with van der Waals surface area (Å²) < 4.78 is 0. The number of hydrogen-bond donors (Lipinski definition) is 1. The van der Waals surface area contributed by atoms with Gasteiger partial charge in [-0.15, -0.1) is 0 Å². The van der Waals surface area contributed by atoms with Crippen molar-refractivity contribution < 1.29 is 0 Å². The SMILES string of the molecule is CC1CC1CN(C)c1nc2ccccc2nc1N. The third kappa shape index (κ3) is 1.98. The molecule has 1 aliphatic rings. The molecular weight excluding hydrogens is 224 g/mol. The Bertz CT molecular complexity index is 581. The van der Waals surface area contributed by atoms with E-state index in [0.717, 1.165) is 35.2 Å². The van der Waals surface area contributed by atoms with Crippen LogP contribution in [0.15, 0.2) is 24.3 Å². The van der Waals surface area contributed by atoms with E-state index < -0.39 is 0 Å². The summed E-state index contributed by atoms with van der Waals surface area (Å²) in [7, 11) is 2.04. The number of hydrogen-bond acceptors (Lipinski definition) is 4. The van der Waals surface area contributed by atoms with E-state index in [2.05, 4.69) is 21.8 Å². The van der Waals surface area contributed by atoms with Gasteiger partial charge in [-0.1, -0.05) is 19.1 Å². The number of nitrogens with two attached hydrogens (primary N) is 1. The summed E-state index contributed by atoms with van der Waals surface area (Å²) in [5.74, 6) is 2.93. The van der Waals surface area contributed by atoms with Gasteiger partial charge in [0.2, 0.25) is 0 Å². The summed E-state index contributed by atoms with van der Waals surface area (Å²) >= 11 is 0. The zero-order valence-electron chi connectivity index (χ0n) is 10.8. The molecule has 0 bridgehead atoms. The summed E-state index contributed by atoms with van der Waals surface area (Å²) in [5.41, 5.74) is 7.76. The molecule has 3 rings (SSSR count). The summed E-state index contributed by atoms with van der Waals surface area (Å²) in [6.07, 6.45) is 1.31. The summed E-state index contributed by atoms with van der Waals surface area (Å²) in [6.45, 7) is 3.30. The highest BCUT2D eigenvalue weighted by molar-refractivity contribution is 5.79. The Morgan fingerprint density at radius 2 is 1.89 bits per heavy atom. The molecular formula is C14H18N4. The first-order chi connectivity index (χ1) is 8.65. The summed E-state index contributed by atoms with van der Waals surface area (Å²) in [6, 6.07) is 7.83. The first kappa shape index (κ1) is 11.3. The highest BCUT2D eigenvalue weighted by Crippen LogP contribution is 2.39. The lowest BCUT2D eigenvalue weighted by molar-refractivity contribution is 0.720. The molecule has 0 aliphatic heterocycles. The molecule has 1 aliphatic carbocycles. The van der Waals surface area contributed by atoms with Crippen LogP contribution in [0.25, 0.3) is 11.0 Å². The van der Waals surface area contributed by atoms with Crippen molar-refractivity contribution in [3.63, 3.8) is 0 Å². The fourth-order valence-corrected chi connectivity index (χ4v) is 2.38. The minimum Gasteiger partial charge on any atom is -0.381 e. The quantitative estimate of drug-likeness (QED) is 0.897. The minimum atomic E-state index is 0.518. The maximum Gasteiger partial charge on any atom is 0.171 e. The molecule has 4 heteroatoms. The highest BCUT2D eigenvalue weighted by Gasteiger charge is 2.33. The molecule has 4 nitrogen and oxygen atoms in total. The molecule has 1 aromatic carbocycles. The lowest BCUT2D eigenvalue weighted by Crippen LogP contribution is -2.23. The number of nitrogens with zero attached hydrogens (tertiary/aromatic N) is 3. The van der Waals surface area contributed by atoms with Crippen LogP contribution in [0.4, 0.5) is 11.6 Å². The van der Waals surface area contributed by atoms with Crippen molar-refractivity contribution in [2.45, 2.75) is 13.3 Å². The Balaban J connectivity index is 1.92. The second-order valence-corrected chi connectivity index (χ2v) is 5.27. The second-order valence-electron chi connectivity index (χ2n) is 5.27. The summed E-state index contributed by atoms with van der Waals surface area (Å²) in [4.78, 5) is 11.2. The molecule has 2 atom stereocenters. The third-order valence-corrected chi connectivity index (χ3v) is 3.72. The zero-order chi connectivity index (χ0) is 12.7. The number of rotatable bonds is 3. The predicted molar refractivity (Wildman–Crippen MR) is 74.5 cm³/mol. The molecule has 1 saturated carbocycles. The van der Waals surface area contributed by atoms with Gasteiger partial charge < -0.3 is 10.6 Å². The number of nitrogen functional groups attached to an aromatic ring is 1. The maximum absolute atomic E-state index is 6.00. The van der Waals surface area contributed by atoms with Gasteiger partial charge in [0.25, 0.3) is 0 Å². The first-order valence-corrected chi connectivity index (χ1v) is 6.38. The number of anilines is 2. The van der Waals surface area contributed by atoms with Gasteiger partial charge in [-0.05, 0) is 30.4 Å². The molecule has 0 saturated heterocycles. The maximum atomic E-state index is 6.00. The van der Waals surface area contributed by atoms with Gasteiger partial charge in [-0.2, -0.15) is 0 Å². The molecule has 18 heavy (non-hydrogen) atoms. The first-order valence-electron chi connectivity index (χ1n) is 6.38. The zero-order valence-corrected chi connectivity index (χ0v) is 10.8. The molecule has 94 valence electrons. The lowest BCUT2D eigenvalue weighted by Gasteiger charge is -2.19. The normalized spacial score (nSPS) is 22.1. The topological polar surface area (TPSA) is 55.0 Å². The molecule has 1 fully saturated rings. The smallest absolute Gasteiger partial charge is 0.171 e. The van der Waals surface area contributed by atoms with E-state index in [0.29, 0.717) is 5.82 Å². The fourth-order valence-electron chi connectivity index (χ4n) is 2.38. The molecule has 0 amide bonds. The fraction of sp³-hybridized carbons (Fsp3) is 0.429. The Hall–Kier alpha value is -1.84. The van der Waals surface area contributed by atoms with Crippen molar-refractivity contribution in [1.29, 1.82) is 0 Å². The number of fused-ring (bicyclic) bond motifs is 1. The van der Waals surface area contributed by atoms with E-state index in [1.165, 1.54) is 6.42 Å². The van der Waals surface area contributed by atoms with E-state index >= 15 is 0 Å². The van der Waals surface area contributed by atoms with Crippen molar-refractivity contribution in [3.05, 3.63) is 24.3 Å². The Morgan fingerprint density at radius 3 is 2.50 bits per heavy atom. The van der Waals surface area contributed by atoms with E-state index in [1.807, 2.05) is 31.3 Å². The van der Waals surface area contributed by atoms with Gasteiger partial charge in [0.1, 0.15) is 0 Å². The Kier molecular flexibility index (Phi) is 2.58. The van der Waals surface area contributed by atoms with Crippen molar-refractivity contribution in [2.24, 2.45) is 11.8 Å². The molecule has 2 unspecified atom stereocenters. The van der Waals surface area contributed by atoms with Crippen molar-refractivity contribution >= 4 is 22.7 Å². The molecule has 0 spiro atoms. The van der Waals surface area contributed by atoms with E-state index in [-0.39, 0.29) is 0 Å². The van der Waals surface area contributed by atoms with Gasteiger partial charge in [0.05, 0.1) is 11.0 Å². The number of benzene rings is 1. The molecule has 0 radical (unpaired) electrons. The van der Waals surface area contributed by atoms with Gasteiger partial charge in [0, 0.05) is 13.6 Å². The van der Waals surface area contributed by atoms with Gasteiger partial charge >= 0.3 is 0 Å². The lowest BCUT2D eigenvalue weighted by atomic mass is 10.3. The second kappa shape index (κ2) is 4.12. The van der Waals surface area contributed by atoms with Crippen LogP contribution in [-0.2, 0) is 0 Å². The van der Waals surface area contributed by atoms with Crippen LogP contribution in [0.1, 0.15) is 13.3 Å². The van der Waals surface area contributed by atoms with E-state index in [9.17, 15) is 0 Å². The third-order valence-electron chi connectivity index (χ3n) is 3.72. The molecule has 1 aromatic heterocycles. The average Bonchev–Trinajstić information content (AvgIpc) is 3.03. The van der Waals surface area contributed by atoms with Crippen LogP contribution in [0.2, 0.25) is 0 Å². The van der Waals surface area contributed by atoms with Crippen molar-refractivity contribution in [2.75, 3.05) is 24.2 Å². The molecule has 2 aromatic rings. The monoisotopic (exact) mass is 242 g/mol. The van der Waals surface area contributed by atoms with Crippen LogP contribution in [-0.4, -0.2) is 23.6 Å². The summed E-state index contributed by atoms with van der Waals surface area (Å²) in [5, 5.41) is 0. The minimum absolute atomic E-state index is 0.518. The van der Waals surface area contributed by atoms with Crippen LogP contribution in [0.3, 0.4) is 0 Å². The number of para-hydroxylation sites is 2. The van der Waals surface area contributed by atoms with Crippen molar-refractivity contribution in [3.8, 4) is 0 Å². The number of aromatic nitrogens is 2. The van der Waals surface area contributed by atoms with Gasteiger partial charge in [0.15, 0.2) is 11.6 Å². The van der Waals surface area contributed by atoms with E-state index in [4.69, 9.17) is 5.73 Å². The van der Waals surface area contributed by atoms with Crippen LogP contribution < -0.4 is 10.6 Å². The largest absolute Gasteiger partial charge is 0.381 e. The van der Waals surface area contributed by atoms with Crippen LogP contribution in [0, 0.1) is 11.8 Å². The standard InChI is InChI=1S/C14H18N4/c1-9-7-10(9)8-18(2)14-13(15)16-11-5-3-4-6-12(11)17-14/h3-6,9-10H,7-8H2,1-2H3,(H2,15,16). The van der Waals surface area contributed by atoms with E-state index in [1.54, 1.807) is 0 Å². The molecule has 2 N–H and O–H groups in total. The highest BCUT2D eigenvalue weighted by atomic mass is 15.2. The van der Waals surface area contributed by atoms with Crippen LogP contribution in [0.5, 0.6) is 0 Å². The van der Waals surface area contributed by atoms with Gasteiger partial charge in [-0.25, -0.2) is 9.97 Å².